The van der Waals surface area contributed by atoms with Gasteiger partial charge in [0.15, 0.2) is 0 Å². The Morgan fingerprint density at radius 1 is 1.48 bits per heavy atom. The Morgan fingerprint density at radius 3 is 2.76 bits per heavy atom. The third-order valence-electron chi connectivity index (χ3n) is 3.41. The van der Waals surface area contributed by atoms with Gasteiger partial charge in [0.05, 0.1) is 29.5 Å². The number of piperidine rings is 1. The number of halogens is 3. The summed E-state index contributed by atoms with van der Waals surface area (Å²) in [6.45, 7) is -0.122. The van der Waals surface area contributed by atoms with Gasteiger partial charge in [-0.05, 0) is 12.5 Å². The van der Waals surface area contributed by atoms with Crippen LogP contribution in [0.4, 0.5) is 29.3 Å². The van der Waals surface area contributed by atoms with E-state index in [2.05, 4.69) is 10.3 Å². The van der Waals surface area contributed by atoms with E-state index in [-0.39, 0.29) is 25.2 Å². The van der Waals surface area contributed by atoms with Gasteiger partial charge in [0.1, 0.15) is 0 Å². The minimum absolute atomic E-state index is 0.132. The van der Waals surface area contributed by atoms with Crippen molar-refractivity contribution < 1.29 is 23.1 Å². The van der Waals surface area contributed by atoms with Crippen LogP contribution in [0.1, 0.15) is 6.42 Å². The fraction of sp³-hybridized carbons (Fsp3) is 0.500. The molecule has 2 heterocycles. The quantitative estimate of drug-likeness (QED) is 0.773. The van der Waals surface area contributed by atoms with Crippen molar-refractivity contribution in [1.82, 2.24) is 10.3 Å². The van der Waals surface area contributed by atoms with Crippen LogP contribution in [-0.2, 0) is 0 Å². The summed E-state index contributed by atoms with van der Waals surface area (Å²) in [4.78, 5) is 15.9. The summed E-state index contributed by atoms with van der Waals surface area (Å²) < 4.78 is 39.0. The molecule has 0 saturated carbocycles. The van der Waals surface area contributed by atoms with Crippen LogP contribution in [0.15, 0.2) is 18.5 Å². The second kappa shape index (κ2) is 5.66. The van der Waals surface area contributed by atoms with E-state index < -0.39 is 24.2 Å². The first kappa shape index (κ1) is 15.2. The molecule has 0 aromatic carbocycles. The van der Waals surface area contributed by atoms with Gasteiger partial charge in [-0.3, -0.25) is 4.98 Å². The molecule has 0 bridgehead atoms. The first-order valence-electron chi connectivity index (χ1n) is 6.28. The number of rotatable bonds is 2. The molecule has 1 aromatic heterocycles. The smallest absolute Gasteiger partial charge is 0.404 e. The summed E-state index contributed by atoms with van der Waals surface area (Å²) in [5.74, 6) is -1.62. The van der Waals surface area contributed by atoms with Crippen LogP contribution >= 0.6 is 0 Å². The van der Waals surface area contributed by atoms with E-state index >= 15 is 0 Å². The number of nitrogens with two attached hydrogens (primary N) is 1. The molecule has 1 saturated heterocycles. The normalized spacial score (nSPS) is 22.9. The van der Waals surface area contributed by atoms with Crippen LogP contribution in [-0.4, -0.2) is 41.5 Å². The SMILES string of the molecule is Nc1cnccc1N1C[C@@H](NC(=O)O)C[C@@H](C(F)(F)F)C1. The number of anilines is 2. The number of carboxylic acid groups (broad SMARTS) is 1. The average Bonchev–Trinajstić information content (AvgIpc) is 2.37. The van der Waals surface area contributed by atoms with E-state index in [4.69, 9.17) is 10.8 Å². The van der Waals surface area contributed by atoms with Crippen LogP contribution in [0.3, 0.4) is 0 Å². The molecule has 1 amide bonds. The predicted molar refractivity (Wildman–Crippen MR) is 70.0 cm³/mol. The Bertz CT molecular complexity index is 523. The average molecular weight is 304 g/mol. The minimum atomic E-state index is -4.39. The van der Waals surface area contributed by atoms with Crippen molar-refractivity contribution in [2.45, 2.75) is 18.6 Å². The van der Waals surface area contributed by atoms with Crippen LogP contribution in [0.2, 0.25) is 0 Å². The number of nitrogen functional groups attached to an aromatic ring is 1. The van der Waals surface area contributed by atoms with Crippen molar-refractivity contribution in [3.63, 3.8) is 0 Å². The number of carbonyl (C=O) groups is 1. The lowest BCUT2D eigenvalue weighted by Crippen LogP contribution is -2.53. The van der Waals surface area contributed by atoms with Crippen molar-refractivity contribution >= 4 is 17.5 Å². The lowest BCUT2D eigenvalue weighted by molar-refractivity contribution is -0.177. The van der Waals surface area contributed by atoms with Crippen molar-refractivity contribution in [1.29, 1.82) is 0 Å². The molecule has 0 radical (unpaired) electrons. The number of hydrogen-bond acceptors (Lipinski definition) is 4. The maximum absolute atomic E-state index is 13.0. The molecule has 0 aliphatic carbocycles. The molecule has 9 heteroatoms. The van der Waals surface area contributed by atoms with Crippen LogP contribution < -0.4 is 16.0 Å². The van der Waals surface area contributed by atoms with E-state index in [0.29, 0.717) is 5.69 Å². The fourth-order valence-corrected chi connectivity index (χ4v) is 2.50. The van der Waals surface area contributed by atoms with Gasteiger partial charge >= 0.3 is 12.3 Å². The molecule has 1 aliphatic heterocycles. The largest absolute Gasteiger partial charge is 0.465 e. The standard InChI is InChI=1S/C12H15F3N4O2/c13-12(14,15)7-3-8(18-11(20)21)6-19(5-7)10-1-2-17-4-9(10)16/h1-2,4,7-8,18H,3,5-6,16H2,(H,20,21)/t7-,8+/m1/s1. The van der Waals surface area contributed by atoms with Gasteiger partial charge in [-0.25, -0.2) is 4.79 Å². The van der Waals surface area contributed by atoms with Gasteiger partial charge in [-0.15, -0.1) is 0 Å². The lowest BCUT2D eigenvalue weighted by atomic mass is 9.93. The summed E-state index contributed by atoms with van der Waals surface area (Å²) in [6.07, 6.45) is -3.23. The summed E-state index contributed by atoms with van der Waals surface area (Å²) >= 11 is 0. The Hall–Kier alpha value is -2.19. The van der Waals surface area contributed by atoms with Crippen LogP contribution in [0.5, 0.6) is 0 Å². The van der Waals surface area contributed by atoms with Crippen LogP contribution in [0, 0.1) is 5.92 Å². The monoisotopic (exact) mass is 304 g/mol. The maximum Gasteiger partial charge on any atom is 0.404 e. The molecule has 2 rings (SSSR count). The number of hydrogen-bond donors (Lipinski definition) is 3. The topological polar surface area (TPSA) is 91.5 Å². The zero-order valence-corrected chi connectivity index (χ0v) is 11.0. The highest BCUT2D eigenvalue weighted by molar-refractivity contribution is 5.67. The minimum Gasteiger partial charge on any atom is -0.465 e. The summed E-state index contributed by atoms with van der Waals surface area (Å²) in [6, 6.07) is 0.710. The van der Waals surface area contributed by atoms with Gasteiger partial charge in [-0.2, -0.15) is 13.2 Å². The number of pyridine rings is 1. The van der Waals surface area contributed by atoms with E-state index in [1.807, 2.05) is 0 Å². The van der Waals surface area contributed by atoms with E-state index in [1.54, 1.807) is 0 Å². The molecular formula is C12H15F3N4O2. The molecule has 0 spiro atoms. The number of amides is 1. The third-order valence-corrected chi connectivity index (χ3v) is 3.41. The van der Waals surface area contributed by atoms with E-state index in [0.717, 1.165) is 0 Å². The summed E-state index contributed by atoms with van der Waals surface area (Å²) in [7, 11) is 0. The van der Waals surface area contributed by atoms with Gasteiger partial charge in [0, 0.05) is 19.3 Å². The molecular weight excluding hydrogens is 289 g/mol. The molecule has 4 N–H and O–H groups in total. The summed E-state index contributed by atoms with van der Waals surface area (Å²) in [5.41, 5.74) is 6.42. The van der Waals surface area contributed by atoms with Crippen molar-refractivity contribution in [3.8, 4) is 0 Å². The maximum atomic E-state index is 13.0. The second-order valence-corrected chi connectivity index (χ2v) is 4.96. The molecule has 116 valence electrons. The number of alkyl halides is 3. The molecule has 21 heavy (non-hydrogen) atoms. The molecule has 6 nitrogen and oxygen atoms in total. The predicted octanol–water partition coefficient (Wildman–Crippen LogP) is 1.69. The van der Waals surface area contributed by atoms with Crippen molar-refractivity contribution in [2.75, 3.05) is 23.7 Å². The zero-order chi connectivity index (χ0) is 15.6. The second-order valence-electron chi connectivity index (χ2n) is 4.96. The number of aromatic nitrogens is 1. The highest BCUT2D eigenvalue weighted by atomic mass is 19.4. The van der Waals surface area contributed by atoms with E-state index in [9.17, 15) is 18.0 Å². The molecule has 1 aliphatic rings. The first-order chi connectivity index (χ1) is 9.77. The molecule has 1 aromatic rings. The van der Waals surface area contributed by atoms with Gasteiger partial charge in [0.25, 0.3) is 0 Å². The highest BCUT2D eigenvalue weighted by Gasteiger charge is 2.45. The Morgan fingerprint density at radius 2 is 2.19 bits per heavy atom. The highest BCUT2D eigenvalue weighted by Crippen LogP contribution is 2.36. The first-order valence-corrected chi connectivity index (χ1v) is 6.28. The summed E-state index contributed by atoms with van der Waals surface area (Å²) in [5, 5.41) is 10.8. The van der Waals surface area contributed by atoms with Crippen molar-refractivity contribution in [2.24, 2.45) is 5.92 Å². The zero-order valence-electron chi connectivity index (χ0n) is 11.0. The fourth-order valence-electron chi connectivity index (χ4n) is 2.50. The van der Waals surface area contributed by atoms with E-state index in [1.165, 1.54) is 23.4 Å². The Kier molecular flexibility index (Phi) is 4.10. The molecule has 2 atom stereocenters. The molecule has 1 fully saturated rings. The van der Waals surface area contributed by atoms with Gasteiger partial charge in [0.2, 0.25) is 0 Å². The van der Waals surface area contributed by atoms with Crippen LogP contribution in [0.25, 0.3) is 0 Å². The van der Waals surface area contributed by atoms with Gasteiger partial charge in [-0.1, -0.05) is 0 Å². The number of nitrogens with one attached hydrogen (secondary N) is 1. The van der Waals surface area contributed by atoms with Crippen molar-refractivity contribution in [3.05, 3.63) is 18.5 Å². The lowest BCUT2D eigenvalue weighted by Gasteiger charge is -2.39. The third kappa shape index (κ3) is 3.67. The Labute approximate surface area is 118 Å². The van der Waals surface area contributed by atoms with Gasteiger partial charge < -0.3 is 21.1 Å². The molecule has 0 unspecified atom stereocenters. The Balaban J connectivity index is 2.24. The number of nitrogens with zero attached hydrogens (tertiary/aromatic N) is 2.